The number of rotatable bonds is 4. The van der Waals surface area contributed by atoms with E-state index < -0.39 is 11.6 Å². The van der Waals surface area contributed by atoms with E-state index in [2.05, 4.69) is 10.4 Å². The van der Waals surface area contributed by atoms with Crippen molar-refractivity contribution >= 4 is 0 Å². The molecule has 0 aliphatic rings. The summed E-state index contributed by atoms with van der Waals surface area (Å²) in [6.07, 6.45) is 1.68. The molecule has 2 aromatic rings. The van der Waals surface area contributed by atoms with Crippen LogP contribution in [0.3, 0.4) is 0 Å². The van der Waals surface area contributed by atoms with Gasteiger partial charge in [-0.05, 0) is 26.1 Å². The first-order valence-corrected chi connectivity index (χ1v) is 5.73. The third-order valence-electron chi connectivity index (χ3n) is 2.99. The molecule has 0 radical (unpaired) electrons. The van der Waals surface area contributed by atoms with Crippen molar-refractivity contribution in [3.63, 3.8) is 0 Å². The zero-order valence-electron chi connectivity index (χ0n) is 10.3. The summed E-state index contributed by atoms with van der Waals surface area (Å²) in [6, 6.07) is 5.76. The number of nitrogens with one attached hydrogen (secondary N) is 1. The normalized spacial score (nSPS) is 12.7. The van der Waals surface area contributed by atoms with E-state index in [1.165, 1.54) is 6.07 Å². The van der Waals surface area contributed by atoms with Crippen LogP contribution in [0.4, 0.5) is 8.78 Å². The van der Waals surface area contributed by atoms with Crippen LogP contribution in [0.15, 0.2) is 30.5 Å². The van der Waals surface area contributed by atoms with Crippen LogP contribution in [0, 0.1) is 18.6 Å². The minimum absolute atomic E-state index is 0.312. The molecule has 96 valence electrons. The molecule has 18 heavy (non-hydrogen) atoms. The van der Waals surface area contributed by atoms with E-state index in [1.807, 2.05) is 13.0 Å². The van der Waals surface area contributed by atoms with Gasteiger partial charge in [0.1, 0.15) is 0 Å². The Labute approximate surface area is 104 Å². The van der Waals surface area contributed by atoms with Crippen molar-refractivity contribution in [2.75, 3.05) is 7.05 Å². The number of benzene rings is 1. The van der Waals surface area contributed by atoms with Crippen molar-refractivity contribution in [1.29, 1.82) is 0 Å². The molecule has 0 amide bonds. The smallest absolute Gasteiger partial charge is 0.163 e. The Morgan fingerprint density at radius 3 is 2.72 bits per heavy atom. The minimum Gasteiger partial charge on any atom is -0.311 e. The number of hydrogen-bond acceptors (Lipinski definition) is 2. The second-order valence-electron chi connectivity index (χ2n) is 4.14. The standard InChI is InChI=1S/C13H15F2N3/c1-9-6-7-17-18(9)8-12(16-2)10-4-3-5-11(14)13(10)15/h3-7,12,16H,8H2,1-2H3. The number of aryl methyl sites for hydroxylation is 1. The van der Waals surface area contributed by atoms with Gasteiger partial charge in [-0.1, -0.05) is 12.1 Å². The topological polar surface area (TPSA) is 29.9 Å². The lowest BCUT2D eigenvalue weighted by Gasteiger charge is -2.18. The molecule has 0 saturated carbocycles. The van der Waals surface area contributed by atoms with E-state index in [0.29, 0.717) is 12.1 Å². The van der Waals surface area contributed by atoms with Gasteiger partial charge >= 0.3 is 0 Å². The zero-order chi connectivity index (χ0) is 13.1. The molecule has 0 saturated heterocycles. The molecule has 1 N–H and O–H groups in total. The van der Waals surface area contributed by atoms with Crippen LogP contribution in [0.2, 0.25) is 0 Å². The molecule has 1 aromatic carbocycles. The predicted octanol–water partition coefficient (Wildman–Crippen LogP) is 2.43. The van der Waals surface area contributed by atoms with Gasteiger partial charge < -0.3 is 5.32 Å². The largest absolute Gasteiger partial charge is 0.311 e. The molecule has 5 heteroatoms. The first kappa shape index (κ1) is 12.7. The highest BCUT2D eigenvalue weighted by molar-refractivity contribution is 5.22. The van der Waals surface area contributed by atoms with Gasteiger partial charge in [-0.15, -0.1) is 0 Å². The maximum absolute atomic E-state index is 13.7. The van der Waals surface area contributed by atoms with Crippen molar-refractivity contribution in [3.8, 4) is 0 Å². The van der Waals surface area contributed by atoms with Crippen LogP contribution in [0.5, 0.6) is 0 Å². The summed E-state index contributed by atoms with van der Waals surface area (Å²) in [4.78, 5) is 0. The summed E-state index contributed by atoms with van der Waals surface area (Å²) in [5.41, 5.74) is 1.29. The van der Waals surface area contributed by atoms with Crippen molar-refractivity contribution < 1.29 is 8.78 Å². The van der Waals surface area contributed by atoms with Crippen molar-refractivity contribution in [2.45, 2.75) is 19.5 Å². The maximum Gasteiger partial charge on any atom is 0.163 e. The van der Waals surface area contributed by atoms with Crippen LogP contribution >= 0.6 is 0 Å². The third-order valence-corrected chi connectivity index (χ3v) is 2.99. The second-order valence-corrected chi connectivity index (χ2v) is 4.14. The van der Waals surface area contributed by atoms with E-state index in [1.54, 1.807) is 24.0 Å². The summed E-state index contributed by atoms with van der Waals surface area (Å²) in [6.45, 7) is 2.37. The summed E-state index contributed by atoms with van der Waals surface area (Å²) >= 11 is 0. The Morgan fingerprint density at radius 2 is 2.11 bits per heavy atom. The lowest BCUT2D eigenvalue weighted by molar-refractivity contribution is 0.427. The van der Waals surface area contributed by atoms with E-state index in [9.17, 15) is 8.78 Å². The Kier molecular flexibility index (Phi) is 3.72. The lowest BCUT2D eigenvalue weighted by Crippen LogP contribution is -2.24. The molecule has 0 aliphatic carbocycles. The molecule has 3 nitrogen and oxygen atoms in total. The zero-order valence-corrected chi connectivity index (χ0v) is 10.3. The first-order chi connectivity index (χ1) is 8.63. The molecule has 0 fully saturated rings. The molecular formula is C13H15F2N3. The van der Waals surface area contributed by atoms with E-state index in [-0.39, 0.29) is 6.04 Å². The second kappa shape index (κ2) is 5.27. The van der Waals surface area contributed by atoms with Crippen LogP contribution < -0.4 is 5.32 Å². The minimum atomic E-state index is -0.829. The highest BCUT2D eigenvalue weighted by atomic mass is 19.2. The average molecular weight is 251 g/mol. The van der Waals surface area contributed by atoms with Gasteiger partial charge in [-0.3, -0.25) is 4.68 Å². The predicted molar refractivity (Wildman–Crippen MR) is 65.1 cm³/mol. The van der Waals surface area contributed by atoms with Gasteiger partial charge in [-0.25, -0.2) is 8.78 Å². The quantitative estimate of drug-likeness (QED) is 0.904. The molecule has 2 rings (SSSR count). The molecule has 1 aromatic heterocycles. The molecule has 1 unspecified atom stereocenters. The number of halogens is 2. The van der Waals surface area contributed by atoms with Crippen LogP contribution in [-0.2, 0) is 6.54 Å². The number of aromatic nitrogens is 2. The van der Waals surface area contributed by atoms with Gasteiger partial charge in [0.25, 0.3) is 0 Å². The highest BCUT2D eigenvalue weighted by Crippen LogP contribution is 2.20. The lowest BCUT2D eigenvalue weighted by atomic mass is 10.1. The van der Waals surface area contributed by atoms with Gasteiger partial charge in [-0.2, -0.15) is 5.10 Å². The fourth-order valence-electron chi connectivity index (χ4n) is 1.90. The summed E-state index contributed by atoms with van der Waals surface area (Å²) in [5, 5.41) is 7.13. The van der Waals surface area contributed by atoms with Gasteiger partial charge in [0.2, 0.25) is 0 Å². The number of hydrogen-bond donors (Lipinski definition) is 1. The summed E-state index contributed by atoms with van der Waals surface area (Å²) in [7, 11) is 1.72. The molecule has 1 atom stereocenters. The van der Waals surface area contributed by atoms with Crippen LogP contribution in [0.1, 0.15) is 17.3 Å². The van der Waals surface area contributed by atoms with Gasteiger partial charge in [0, 0.05) is 17.5 Å². The Bertz CT molecular complexity index is 537. The van der Waals surface area contributed by atoms with Crippen molar-refractivity contribution in [3.05, 3.63) is 53.4 Å². The van der Waals surface area contributed by atoms with Gasteiger partial charge in [0.05, 0.1) is 12.6 Å². The summed E-state index contributed by atoms with van der Waals surface area (Å²) in [5.74, 6) is -1.63. The van der Waals surface area contributed by atoms with Crippen molar-refractivity contribution in [2.24, 2.45) is 0 Å². The molecule has 0 spiro atoms. The molecular weight excluding hydrogens is 236 g/mol. The molecule has 0 aliphatic heterocycles. The van der Waals surface area contributed by atoms with Gasteiger partial charge in [0.15, 0.2) is 11.6 Å². The highest BCUT2D eigenvalue weighted by Gasteiger charge is 2.17. The fourth-order valence-corrected chi connectivity index (χ4v) is 1.90. The monoisotopic (exact) mass is 251 g/mol. The molecule has 1 heterocycles. The number of nitrogens with zero attached hydrogens (tertiary/aromatic N) is 2. The first-order valence-electron chi connectivity index (χ1n) is 5.73. The SMILES string of the molecule is CNC(Cn1nccc1C)c1cccc(F)c1F. The summed E-state index contributed by atoms with van der Waals surface area (Å²) < 4.78 is 28.7. The number of likely N-dealkylation sites (N-methyl/N-ethyl adjacent to an activating group) is 1. The average Bonchev–Trinajstić information content (AvgIpc) is 2.76. The third kappa shape index (κ3) is 2.41. The van der Waals surface area contributed by atoms with Crippen LogP contribution in [-0.4, -0.2) is 16.8 Å². The van der Waals surface area contributed by atoms with Crippen LogP contribution in [0.25, 0.3) is 0 Å². The Morgan fingerprint density at radius 1 is 1.33 bits per heavy atom. The Hall–Kier alpha value is -1.75. The Balaban J connectivity index is 2.29. The maximum atomic E-state index is 13.7. The van der Waals surface area contributed by atoms with E-state index in [0.717, 1.165) is 11.8 Å². The fraction of sp³-hybridized carbons (Fsp3) is 0.308. The molecule has 0 bridgehead atoms. The van der Waals surface area contributed by atoms with E-state index in [4.69, 9.17) is 0 Å². The van der Waals surface area contributed by atoms with E-state index >= 15 is 0 Å². The van der Waals surface area contributed by atoms with Crippen molar-refractivity contribution in [1.82, 2.24) is 15.1 Å².